The van der Waals surface area contributed by atoms with Crippen molar-refractivity contribution in [2.75, 3.05) is 0 Å². The normalized spacial score (nSPS) is 13.4. The van der Waals surface area contributed by atoms with Crippen LogP contribution in [0, 0.1) is 0 Å². The minimum Gasteiger partial charge on any atom is -0.309 e. The highest BCUT2D eigenvalue weighted by Crippen LogP contribution is 2.62. The Morgan fingerprint density at radius 3 is 1.44 bits per heavy atom. The number of aromatic nitrogens is 2. The van der Waals surface area contributed by atoms with Gasteiger partial charge >= 0.3 is 0 Å². The third-order valence-corrected chi connectivity index (χ3v) is 15.1. The maximum atomic E-state index is 2.51. The topological polar surface area (TPSA) is 9.86 Å². The average molecular weight is 831 g/mol. The van der Waals surface area contributed by atoms with Crippen molar-refractivity contribution in [1.29, 1.82) is 0 Å². The summed E-state index contributed by atoms with van der Waals surface area (Å²) in [5.41, 5.74) is 19.4. The fraction of sp³-hybridized carbons (Fsp3) is 0.0164. The first-order valence-electron chi connectivity index (χ1n) is 22.1. The maximum Gasteiger partial charge on any atom is 0.0736 e. The molecule has 2 aromatic heterocycles. The molecule has 0 unspecified atom stereocenters. The van der Waals surface area contributed by atoms with E-state index in [1.165, 1.54) is 109 Å². The molecule has 0 atom stereocenters. The van der Waals surface area contributed by atoms with Crippen molar-refractivity contribution in [3.8, 4) is 44.8 Å². The van der Waals surface area contributed by atoms with Crippen LogP contribution in [0.5, 0.6) is 0 Å². The predicted octanol–water partition coefficient (Wildman–Crippen LogP) is 16.0. The molecule has 12 aromatic rings. The standard InChI is InChI=1S/C61H38N2S/c1-3-15-39(16-4-1)41-27-33-56-49(35-41)50-36-42(40-17-5-2-6-18-40)28-34-57(50)62(56)44-30-32-48-47-20-8-12-24-55(47)63(58(48)38-44)43-29-31-46-45-19-7-9-21-51(45)61(54(46)37-43)52-22-10-13-25-59(52)64-60-26-14-11-23-53(60)61/h1-38H. The third kappa shape index (κ3) is 4.93. The van der Waals surface area contributed by atoms with E-state index >= 15 is 0 Å². The zero-order valence-corrected chi connectivity index (χ0v) is 35.6. The molecule has 0 saturated carbocycles. The maximum absolute atomic E-state index is 2.51. The molecule has 298 valence electrons. The summed E-state index contributed by atoms with van der Waals surface area (Å²) in [6.45, 7) is 0. The second kappa shape index (κ2) is 13.6. The van der Waals surface area contributed by atoms with Crippen molar-refractivity contribution >= 4 is 55.4 Å². The Kier molecular flexibility index (Phi) is 7.57. The van der Waals surface area contributed by atoms with Crippen LogP contribution in [0.2, 0.25) is 0 Å². The quantitative estimate of drug-likeness (QED) is 0.172. The molecule has 0 amide bonds. The number of fused-ring (bicyclic) bond motifs is 15. The first-order chi connectivity index (χ1) is 31.7. The molecule has 64 heavy (non-hydrogen) atoms. The molecule has 2 aliphatic rings. The van der Waals surface area contributed by atoms with Gasteiger partial charge in [-0.25, -0.2) is 0 Å². The van der Waals surface area contributed by atoms with Crippen LogP contribution >= 0.6 is 11.8 Å². The van der Waals surface area contributed by atoms with Gasteiger partial charge in [-0.3, -0.25) is 0 Å². The number of para-hydroxylation sites is 1. The first kappa shape index (κ1) is 35.7. The molecule has 0 saturated heterocycles. The average Bonchev–Trinajstić information content (AvgIpc) is 3.98. The third-order valence-electron chi connectivity index (χ3n) is 14.0. The van der Waals surface area contributed by atoms with Crippen LogP contribution in [-0.4, -0.2) is 9.13 Å². The van der Waals surface area contributed by atoms with Gasteiger partial charge in [0, 0.05) is 42.7 Å². The highest BCUT2D eigenvalue weighted by atomic mass is 32.2. The zero-order valence-electron chi connectivity index (χ0n) is 34.7. The Balaban J connectivity index is 1.03. The summed E-state index contributed by atoms with van der Waals surface area (Å²) in [4.78, 5) is 2.63. The van der Waals surface area contributed by atoms with Gasteiger partial charge in [0.2, 0.25) is 0 Å². The lowest BCUT2D eigenvalue weighted by Gasteiger charge is -2.39. The van der Waals surface area contributed by atoms with Crippen molar-refractivity contribution in [2.24, 2.45) is 0 Å². The Morgan fingerprint density at radius 1 is 0.281 bits per heavy atom. The number of hydrogen-bond acceptors (Lipinski definition) is 1. The molecule has 3 heteroatoms. The Hall–Kier alpha value is -7.85. The molecule has 10 aromatic carbocycles. The van der Waals surface area contributed by atoms with Crippen molar-refractivity contribution in [3.05, 3.63) is 253 Å². The lowest BCUT2D eigenvalue weighted by Crippen LogP contribution is -2.32. The van der Waals surface area contributed by atoms with Gasteiger partial charge in [-0.05, 0) is 122 Å². The van der Waals surface area contributed by atoms with E-state index in [-0.39, 0.29) is 0 Å². The lowest BCUT2D eigenvalue weighted by atomic mass is 9.67. The zero-order chi connectivity index (χ0) is 41.9. The monoisotopic (exact) mass is 830 g/mol. The number of benzene rings is 10. The van der Waals surface area contributed by atoms with Gasteiger partial charge < -0.3 is 9.13 Å². The first-order valence-corrected chi connectivity index (χ1v) is 22.9. The van der Waals surface area contributed by atoms with E-state index in [9.17, 15) is 0 Å². The fourth-order valence-corrected chi connectivity index (χ4v) is 12.5. The SMILES string of the molecule is c1ccc(-c2ccc3c(c2)c2cc(-c4ccccc4)ccc2n3-c2ccc3c4ccccc4n(-c4ccc5c(c4)C4(c6ccccc6Sc6ccccc64)c4ccccc4-5)c3c2)cc1. The van der Waals surface area contributed by atoms with Crippen molar-refractivity contribution < 1.29 is 0 Å². The van der Waals surface area contributed by atoms with E-state index in [1.807, 2.05) is 11.8 Å². The molecule has 1 aliphatic carbocycles. The highest BCUT2D eigenvalue weighted by molar-refractivity contribution is 7.99. The molecule has 0 N–H and O–H groups in total. The largest absolute Gasteiger partial charge is 0.309 e. The molecule has 14 rings (SSSR count). The van der Waals surface area contributed by atoms with Gasteiger partial charge in [0.25, 0.3) is 0 Å². The minimum absolute atomic E-state index is 0.454. The van der Waals surface area contributed by atoms with E-state index in [2.05, 4.69) is 240 Å². The molecule has 0 bridgehead atoms. The molecule has 0 fully saturated rings. The molecule has 1 spiro atoms. The summed E-state index contributed by atoms with van der Waals surface area (Å²) in [7, 11) is 0. The van der Waals surface area contributed by atoms with Crippen molar-refractivity contribution in [2.45, 2.75) is 15.2 Å². The van der Waals surface area contributed by atoms with Crippen molar-refractivity contribution in [3.63, 3.8) is 0 Å². The molecular formula is C61H38N2S. The van der Waals surface area contributed by atoms with Crippen LogP contribution < -0.4 is 0 Å². The second-order valence-electron chi connectivity index (χ2n) is 17.2. The number of hydrogen-bond donors (Lipinski definition) is 0. The van der Waals surface area contributed by atoms with Crippen molar-refractivity contribution in [1.82, 2.24) is 9.13 Å². The Morgan fingerprint density at radius 2 is 0.766 bits per heavy atom. The van der Waals surface area contributed by atoms with Gasteiger partial charge in [0.05, 0.1) is 27.5 Å². The van der Waals surface area contributed by atoms with Gasteiger partial charge in [-0.1, -0.05) is 176 Å². The van der Waals surface area contributed by atoms with E-state index < -0.39 is 5.41 Å². The molecular weight excluding hydrogens is 793 g/mol. The molecule has 2 nitrogen and oxygen atoms in total. The van der Waals surface area contributed by atoms with Crippen LogP contribution in [-0.2, 0) is 5.41 Å². The summed E-state index contributed by atoms with van der Waals surface area (Å²) >= 11 is 1.89. The van der Waals surface area contributed by atoms with Crippen LogP contribution in [0.15, 0.2) is 240 Å². The Bertz CT molecular complexity index is 3730. The van der Waals surface area contributed by atoms with Crippen LogP contribution in [0.3, 0.4) is 0 Å². The predicted molar refractivity (Wildman–Crippen MR) is 267 cm³/mol. The van der Waals surface area contributed by atoms with Gasteiger partial charge in [-0.2, -0.15) is 0 Å². The summed E-state index contributed by atoms with van der Waals surface area (Å²) in [5, 5.41) is 4.96. The molecule has 1 aliphatic heterocycles. The summed E-state index contributed by atoms with van der Waals surface area (Å²) in [6, 6.07) is 85.9. The minimum atomic E-state index is -0.454. The summed E-state index contributed by atoms with van der Waals surface area (Å²) < 4.78 is 4.98. The van der Waals surface area contributed by atoms with Gasteiger partial charge in [0.1, 0.15) is 0 Å². The summed E-state index contributed by atoms with van der Waals surface area (Å²) in [5.74, 6) is 0. The Labute approximate surface area is 375 Å². The fourth-order valence-electron chi connectivity index (χ4n) is 11.3. The molecule has 0 radical (unpaired) electrons. The van der Waals surface area contributed by atoms with E-state index in [1.54, 1.807) is 0 Å². The van der Waals surface area contributed by atoms with E-state index in [4.69, 9.17) is 0 Å². The number of nitrogens with zero attached hydrogens (tertiary/aromatic N) is 2. The van der Waals surface area contributed by atoms with Crippen LogP contribution in [0.4, 0.5) is 0 Å². The van der Waals surface area contributed by atoms with E-state index in [0.717, 1.165) is 11.4 Å². The molecule has 3 heterocycles. The van der Waals surface area contributed by atoms with Gasteiger partial charge in [-0.15, -0.1) is 0 Å². The van der Waals surface area contributed by atoms with E-state index in [0.29, 0.717) is 0 Å². The van der Waals surface area contributed by atoms with Gasteiger partial charge in [0.15, 0.2) is 0 Å². The van der Waals surface area contributed by atoms with Crippen LogP contribution in [0.1, 0.15) is 22.3 Å². The highest BCUT2D eigenvalue weighted by Gasteiger charge is 2.50. The van der Waals surface area contributed by atoms with Crippen LogP contribution in [0.25, 0.3) is 88.4 Å². The smallest absolute Gasteiger partial charge is 0.0736 e. The second-order valence-corrected chi connectivity index (χ2v) is 18.3. The number of rotatable bonds is 4. The lowest BCUT2D eigenvalue weighted by molar-refractivity contribution is 0.722. The summed E-state index contributed by atoms with van der Waals surface area (Å²) in [6.07, 6.45) is 0.